The summed E-state index contributed by atoms with van der Waals surface area (Å²) in [6.45, 7) is 12.5. The maximum Gasteiger partial charge on any atom is 0.249 e. The van der Waals surface area contributed by atoms with Gasteiger partial charge in [-0.1, -0.05) is 19.9 Å². The summed E-state index contributed by atoms with van der Waals surface area (Å²) in [6.07, 6.45) is 2.92. The Bertz CT molecular complexity index is 267. The predicted octanol–water partition coefficient (Wildman–Crippen LogP) is 1.85. The van der Waals surface area contributed by atoms with Crippen LogP contribution >= 0.6 is 0 Å². The highest BCUT2D eigenvalue weighted by Gasteiger charge is 2.27. The highest BCUT2D eigenvalue weighted by atomic mass is 16.5. The van der Waals surface area contributed by atoms with Gasteiger partial charge in [0.05, 0.1) is 6.61 Å². The summed E-state index contributed by atoms with van der Waals surface area (Å²) in [4.78, 5) is 12.0. The molecule has 0 saturated heterocycles. The van der Waals surface area contributed by atoms with E-state index in [1.165, 1.54) is 0 Å². The first-order valence-corrected chi connectivity index (χ1v) is 6.59. The van der Waals surface area contributed by atoms with Crippen molar-refractivity contribution >= 4 is 5.91 Å². The highest BCUT2D eigenvalue weighted by molar-refractivity contribution is 5.81. The van der Waals surface area contributed by atoms with Crippen molar-refractivity contribution in [3.8, 4) is 0 Å². The summed E-state index contributed by atoms with van der Waals surface area (Å²) < 4.78 is 5.42. The number of nitrogens with one attached hydrogen (secondary N) is 1. The molecule has 4 heteroatoms. The molecule has 18 heavy (non-hydrogen) atoms. The summed E-state index contributed by atoms with van der Waals surface area (Å²) in [5, 5.41) is 2.99. The van der Waals surface area contributed by atoms with Crippen LogP contribution in [0.4, 0.5) is 0 Å². The summed E-state index contributed by atoms with van der Waals surface area (Å²) in [7, 11) is 0. The normalized spacial score (nSPS) is 16.1. The summed E-state index contributed by atoms with van der Waals surface area (Å²) in [5.74, 6) is 0.378. The van der Waals surface area contributed by atoms with Crippen molar-refractivity contribution in [2.75, 3.05) is 13.2 Å². The van der Waals surface area contributed by atoms with Crippen LogP contribution in [0.1, 0.15) is 40.5 Å². The van der Waals surface area contributed by atoms with Gasteiger partial charge in [-0.15, -0.1) is 6.58 Å². The number of nitrogens with two attached hydrogens (primary N) is 1. The number of ether oxygens (including phenoxy) is 1. The molecule has 2 atom stereocenters. The van der Waals surface area contributed by atoms with Gasteiger partial charge in [0.2, 0.25) is 5.91 Å². The van der Waals surface area contributed by atoms with Gasteiger partial charge in [-0.05, 0) is 32.6 Å². The third-order valence-corrected chi connectivity index (χ3v) is 2.79. The van der Waals surface area contributed by atoms with Crippen LogP contribution in [0.5, 0.6) is 0 Å². The second-order valence-corrected chi connectivity index (χ2v) is 5.44. The second-order valence-electron chi connectivity index (χ2n) is 5.44. The molecular weight excluding hydrogens is 228 g/mol. The fourth-order valence-corrected chi connectivity index (χ4v) is 1.89. The first kappa shape index (κ1) is 17.1. The Labute approximate surface area is 111 Å². The van der Waals surface area contributed by atoms with E-state index < -0.39 is 6.10 Å². The maximum atomic E-state index is 12.0. The van der Waals surface area contributed by atoms with E-state index in [1.54, 1.807) is 13.0 Å². The minimum atomic E-state index is -0.456. The Balaban J connectivity index is 4.28. The third kappa shape index (κ3) is 6.77. The molecule has 0 radical (unpaired) electrons. The molecule has 0 heterocycles. The van der Waals surface area contributed by atoms with E-state index in [9.17, 15) is 4.79 Å². The van der Waals surface area contributed by atoms with E-state index in [0.29, 0.717) is 19.1 Å². The van der Waals surface area contributed by atoms with E-state index in [0.717, 1.165) is 12.8 Å². The Kier molecular flexibility index (Phi) is 7.87. The molecule has 0 aliphatic rings. The smallest absolute Gasteiger partial charge is 0.249 e. The molecule has 0 aromatic heterocycles. The lowest BCUT2D eigenvalue weighted by Crippen LogP contribution is -2.54. The largest absolute Gasteiger partial charge is 0.368 e. The van der Waals surface area contributed by atoms with Gasteiger partial charge < -0.3 is 15.8 Å². The maximum absolute atomic E-state index is 12.0. The van der Waals surface area contributed by atoms with E-state index >= 15 is 0 Å². The molecule has 0 aromatic rings. The number of hydrogen-bond donors (Lipinski definition) is 2. The monoisotopic (exact) mass is 256 g/mol. The molecule has 0 fully saturated rings. The van der Waals surface area contributed by atoms with Crippen LogP contribution in [0.2, 0.25) is 0 Å². The summed E-state index contributed by atoms with van der Waals surface area (Å²) in [5.41, 5.74) is 5.40. The van der Waals surface area contributed by atoms with Crippen molar-refractivity contribution in [1.82, 2.24) is 5.32 Å². The van der Waals surface area contributed by atoms with Crippen molar-refractivity contribution < 1.29 is 9.53 Å². The van der Waals surface area contributed by atoms with Crippen molar-refractivity contribution in [3.05, 3.63) is 12.7 Å². The molecule has 0 aliphatic carbocycles. The van der Waals surface area contributed by atoms with Crippen molar-refractivity contribution in [1.29, 1.82) is 0 Å². The zero-order valence-corrected chi connectivity index (χ0v) is 12.2. The van der Waals surface area contributed by atoms with Crippen LogP contribution in [0.15, 0.2) is 12.7 Å². The molecule has 1 amide bonds. The zero-order chi connectivity index (χ0) is 14.2. The molecule has 0 bridgehead atoms. The second kappa shape index (κ2) is 8.27. The van der Waals surface area contributed by atoms with E-state index in [1.807, 2.05) is 6.92 Å². The van der Waals surface area contributed by atoms with Gasteiger partial charge >= 0.3 is 0 Å². The van der Waals surface area contributed by atoms with E-state index in [4.69, 9.17) is 10.5 Å². The molecule has 3 N–H and O–H groups in total. The number of hydrogen-bond acceptors (Lipinski definition) is 3. The number of rotatable bonds is 9. The number of carbonyl (C=O) groups excluding carboxylic acids is 1. The third-order valence-electron chi connectivity index (χ3n) is 2.79. The van der Waals surface area contributed by atoms with Gasteiger partial charge in [0.25, 0.3) is 0 Å². The van der Waals surface area contributed by atoms with Gasteiger partial charge in [-0.3, -0.25) is 4.79 Å². The van der Waals surface area contributed by atoms with Crippen LogP contribution in [-0.4, -0.2) is 30.7 Å². The van der Waals surface area contributed by atoms with Gasteiger partial charge in [0.1, 0.15) is 6.10 Å². The van der Waals surface area contributed by atoms with Crippen molar-refractivity contribution in [2.24, 2.45) is 11.7 Å². The van der Waals surface area contributed by atoms with Crippen LogP contribution in [0.25, 0.3) is 0 Å². The lowest BCUT2D eigenvalue weighted by molar-refractivity contribution is -0.133. The first-order valence-electron chi connectivity index (χ1n) is 6.59. The predicted molar refractivity (Wildman–Crippen MR) is 75.3 cm³/mol. The van der Waals surface area contributed by atoms with Crippen LogP contribution < -0.4 is 11.1 Å². The van der Waals surface area contributed by atoms with Crippen LogP contribution in [-0.2, 0) is 9.53 Å². The van der Waals surface area contributed by atoms with Crippen LogP contribution in [0.3, 0.4) is 0 Å². The van der Waals surface area contributed by atoms with Gasteiger partial charge in [0, 0.05) is 12.1 Å². The standard InChI is InChI=1S/C14H28N2O2/c1-6-7-8-18-12(4)13(17)16-14(5,10-15)9-11(2)3/h6,11-12H,1,7-10,15H2,2-5H3,(H,16,17). The molecule has 106 valence electrons. The topological polar surface area (TPSA) is 64.3 Å². The Morgan fingerprint density at radius 2 is 2.11 bits per heavy atom. The van der Waals surface area contributed by atoms with Crippen molar-refractivity contribution in [2.45, 2.75) is 52.2 Å². The quantitative estimate of drug-likeness (QED) is 0.489. The molecular formula is C14H28N2O2. The lowest BCUT2D eigenvalue weighted by atomic mass is 9.90. The SMILES string of the molecule is C=CCCOC(C)C(=O)NC(C)(CN)CC(C)C. The molecule has 0 spiro atoms. The molecule has 0 saturated carbocycles. The Hall–Kier alpha value is -0.870. The number of amides is 1. The molecule has 2 unspecified atom stereocenters. The minimum absolute atomic E-state index is 0.104. The van der Waals surface area contributed by atoms with Gasteiger partial charge in [-0.25, -0.2) is 0 Å². The summed E-state index contributed by atoms with van der Waals surface area (Å²) >= 11 is 0. The average Bonchev–Trinajstić information content (AvgIpc) is 2.28. The zero-order valence-electron chi connectivity index (χ0n) is 12.2. The fourth-order valence-electron chi connectivity index (χ4n) is 1.89. The lowest BCUT2D eigenvalue weighted by Gasteiger charge is -2.32. The van der Waals surface area contributed by atoms with E-state index in [-0.39, 0.29) is 11.4 Å². The average molecular weight is 256 g/mol. The Morgan fingerprint density at radius 1 is 1.50 bits per heavy atom. The molecule has 4 nitrogen and oxygen atoms in total. The van der Waals surface area contributed by atoms with Crippen LogP contribution in [0, 0.1) is 5.92 Å². The molecule has 0 aliphatic heterocycles. The Morgan fingerprint density at radius 3 is 2.56 bits per heavy atom. The van der Waals surface area contributed by atoms with Gasteiger partial charge in [0.15, 0.2) is 0 Å². The fraction of sp³-hybridized carbons (Fsp3) is 0.786. The highest BCUT2D eigenvalue weighted by Crippen LogP contribution is 2.15. The summed E-state index contributed by atoms with van der Waals surface area (Å²) in [6, 6.07) is 0. The number of carbonyl (C=O) groups is 1. The first-order chi connectivity index (χ1) is 8.34. The molecule has 0 aromatic carbocycles. The van der Waals surface area contributed by atoms with Gasteiger partial charge in [-0.2, -0.15) is 0 Å². The van der Waals surface area contributed by atoms with Crippen molar-refractivity contribution in [3.63, 3.8) is 0 Å². The minimum Gasteiger partial charge on any atom is -0.368 e. The van der Waals surface area contributed by atoms with E-state index in [2.05, 4.69) is 25.7 Å². The molecule has 0 rings (SSSR count).